The molecule has 1 saturated heterocycles. The first kappa shape index (κ1) is 11.5. The van der Waals surface area contributed by atoms with Crippen LogP contribution in [0.2, 0.25) is 0 Å². The van der Waals surface area contributed by atoms with Gasteiger partial charge in [-0.15, -0.1) is 4.67 Å². The summed E-state index contributed by atoms with van der Waals surface area (Å²) in [6.07, 6.45) is 0.855. The van der Waals surface area contributed by atoms with E-state index in [-0.39, 0.29) is 0 Å². The average Bonchev–Trinajstić information content (AvgIpc) is 2.06. The monoisotopic (exact) mass is 241 g/mol. The third kappa shape index (κ3) is 2.98. The van der Waals surface area contributed by atoms with Gasteiger partial charge in [0.25, 0.3) is 5.91 Å². The number of amides is 1. The fourth-order valence-electron chi connectivity index (χ4n) is 1.26. The average molecular weight is 241 g/mol. The number of hydrogen-bond donors (Lipinski definition) is 2. The first-order valence-electron chi connectivity index (χ1n) is 3.88. The van der Waals surface area contributed by atoms with Crippen molar-refractivity contribution < 1.29 is 22.3 Å². The van der Waals surface area contributed by atoms with Gasteiger partial charge in [-0.05, 0) is 17.4 Å². The molecule has 1 aliphatic rings. The smallest absolute Gasteiger partial charge is 0.273 e. The van der Waals surface area contributed by atoms with Crippen LogP contribution in [0.3, 0.4) is 0 Å². The molecule has 0 aromatic carbocycles. The van der Waals surface area contributed by atoms with Gasteiger partial charge >= 0.3 is 18.9 Å². The Morgan fingerprint density at radius 3 is 2.71 bits per heavy atom. The van der Waals surface area contributed by atoms with E-state index in [1.807, 2.05) is 0 Å². The van der Waals surface area contributed by atoms with Crippen LogP contribution in [-0.4, -0.2) is 36.1 Å². The number of rotatable bonds is 3. The minimum Gasteiger partial charge on any atom is -0.273 e. The summed E-state index contributed by atoms with van der Waals surface area (Å²) in [5, 5.41) is 0. The minimum absolute atomic E-state index is 0.305. The third-order valence-corrected chi connectivity index (χ3v) is 3.09. The summed E-state index contributed by atoms with van der Waals surface area (Å²) in [6, 6.07) is -1.000. The number of carbonyl (C=O) groups excluding carboxylic acids is 1. The van der Waals surface area contributed by atoms with E-state index in [2.05, 4.69) is 0 Å². The summed E-state index contributed by atoms with van der Waals surface area (Å²) in [6.45, 7) is 0.352. The summed E-state index contributed by atoms with van der Waals surface area (Å²) in [4.78, 5) is 11.3. The highest BCUT2D eigenvalue weighted by atomic mass is 32.2. The van der Waals surface area contributed by atoms with E-state index in [4.69, 9.17) is 4.55 Å². The molecule has 14 heavy (non-hydrogen) atoms. The molecule has 0 bridgehead atoms. The van der Waals surface area contributed by atoms with Crippen molar-refractivity contribution in [3.63, 3.8) is 0 Å². The van der Waals surface area contributed by atoms with Crippen LogP contribution in [0, 0.1) is 0 Å². The van der Waals surface area contributed by atoms with E-state index in [1.54, 1.807) is 4.72 Å². The lowest BCUT2D eigenvalue weighted by Gasteiger charge is -2.22. The highest BCUT2D eigenvalue weighted by molar-refractivity contribution is 7.83. The molecule has 0 spiro atoms. The number of nitrogens with one attached hydrogen (secondary N) is 1. The number of hydrogen-bond acceptors (Lipinski definition) is 4. The van der Waals surface area contributed by atoms with E-state index in [0.717, 1.165) is 4.67 Å². The largest absolute Gasteiger partial charge is 0.451 e. The molecule has 1 fully saturated rings. The summed E-state index contributed by atoms with van der Waals surface area (Å²) < 4.78 is 42.6. The minimum atomic E-state index is -4.38. The van der Waals surface area contributed by atoms with Gasteiger partial charge in [0.05, 0.1) is 6.54 Å². The van der Waals surface area contributed by atoms with Gasteiger partial charge in [-0.1, -0.05) is 0 Å². The molecular weight excluding hydrogens is 231 g/mol. The molecule has 0 saturated carbocycles. The molecule has 1 rings (SSSR count). The number of nitrogens with zero attached hydrogens (tertiary/aromatic N) is 1. The second-order valence-electron chi connectivity index (χ2n) is 2.87. The van der Waals surface area contributed by atoms with Crippen molar-refractivity contribution in [2.24, 2.45) is 0 Å². The Hall–Kier alpha value is -0.560. The lowest BCUT2D eigenvalue weighted by Crippen LogP contribution is -2.48. The summed E-state index contributed by atoms with van der Waals surface area (Å²) in [5.74, 6) is -0.567. The van der Waals surface area contributed by atoms with Crippen LogP contribution >= 0.6 is 8.61 Å². The zero-order valence-electron chi connectivity index (χ0n) is 7.13. The predicted molar refractivity (Wildman–Crippen MR) is 48.4 cm³/mol. The fraction of sp³-hybridized carbons (Fsp3) is 0.800. The van der Waals surface area contributed by atoms with Crippen molar-refractivity contribution in [3.8, 4) is 0 Å². The van der Waals surface area contributed by atoms with Gasteiger partial charge in [-0.25, -0.2) is 0 Å². The standard InChI is InChI=1S/C5H9N2O5PS/c8-5-4(6-14(10,11)12)2-1-3-7(5)13-9/h4,6H,1-3H2,(H,10,11,12)/p+1. The number of piperidine rings is 1. The van der Waals surface area contributed by atoms with Gasteiger partial charge in [-0.3, -0.25) is 9.35 Å². The molecule has 2 N–H and O–H groups in total. The zero-order valence-corrected chi connectivity index (χ0v) is 8.95. The first-order chi connectivity index (χ1) is 6.44. The first-order valence-corrected chi connectivity index (χ1v) is 6.17. The molecule has 80 valence electrons. The van der Waals surface area contributed by atoms with E-state index < -0.39 is 30.9 Å². The van der Waals surface area contributed by atoms with Crippen LogP contribution in [0.1, 0.15) is 12.8 Å². The Balaban J connectivity index is 2.70. The summed E-state index contributed by atoms with van der Waals surface area (Å²) >= 11 is 0. The van der Waals surface area contributed by atoms with Crippen LogP contribution in [0.25, 0.3) is 0 Å². The predicted octanol–water partition coefficient (Wildman–Crippen LogP) is -0.691. The molecule has 1 aliphatic heterocycles. The maximum absolute atomic E-state index is 11.3. The molecule has 0 aromatic heterocycles. The second-order valence-corrected chi connectivity index (χ2v) is 4.78. The van der Waals surface area contributed by atoms with E-state index >= 15 is 0 Å². The highest BCUT2D eigenvalue weighted by Crippen LogP contribution is 2.18. The van der Waals surface area contributed by atoms with E-state index in [9.17, 15) is 17.8 Å². The lowest BCUT2D eigenvalue weighted by atomic mass is 10.1. The molecule has 1 amide bonds. The Labute approximate surface area is 82.6 Å². The molecule has 9 heteroatoms. The summed E-state index contributed by atoms with van der Waals surface area (Å²) in [7, 11) is -5.31. The Morgan fingerprint density at radius 2 is 2.21 bits per heavy atom. The molecule has 7 nitrogen and oxygen atoms in total. The molecule has 0 radical (unpaired) electrons. The molecule has 2 atom stereocenters. The van der Waals surface area contributed by atoms with Gasteiger partial charge in [0, 0.05) is 0 Å². The van der Waals surface area contributed by atoms with Crippen molar-refractivity contribution >= 4 is 24.8 Å². The topological polar surface area (TPSA) is 104 Å². The zero-order chi connectivity index (χ0) is 10.8. The third-order valence-electron chi connectivity index (χ3n) is 1.84. The molecule has 0 aliphatic carbocycles. The molecule has 0 aromatic rings. The van der Waals surface area contributed by atoms with E-state index in [0.29, 0.717) is 19.4 Å². The number of carbonyl (C=O) groups is 1. The van der Waals surface area contributed by atoms with Gasteiger partial charge < -0.3 is 0 Å². The van der Waals surface area contributed by atoms with Gasteiger partial charge in [0.15, 0.2) is 0 Å². The van der Waals surface area contributed by atoms with Crippen molar-refractivity contribution in [2.75, 3.05) is 6.54 Å². The van der Waals surface area contributed by atoms with Crippen molar-refractivity contribution in [3.05, 3.63) is 0 Å². The Bertz CT molecular complexity index is 342. The quantitative estimate of drug-likeness (QED) is 0.502. The normalized spacial score (nSPS) is 24.2. The maximum Gasteiger partial charge on any atom is 0.451 e. The van der Waals surface area contributed by atoms with Crippen LogP contribution in [0.4, 0.5) is 0 Å². The second kappa shape index (κ2) is 4.31. The SMILES string of the molecule is O=[PH+]N1CCCC(NS(=O)(=O)O)C1=O. The Morgan fingerprint density at radius 1 is 1.57 bits per heavy atom. The van der Waals surface area contributed by atoms with Crippen LogP contribution in [0.15, 0.2) is 0 Å². The highest BCUT2D eigenvalue weighted by Gasteiger charge is 2.35. The Kier molecular flexibility index (Phi) is 3.54. The van der Waals surface area contributed by atoms with Crippen molar-refractivity contribution in [2.45, 2.75) is 18.9 Å². The van der Waals surface area contributed by atoms with Gasteiger partial charge in [0.2, 0.25) is 0 Å². The maximum atomic E-state index is 11.3. The fourth-order valence-corrected chi connectivity index (χ4v) is 2.33. The molecule has 1 heterocycles. The summed E-state index contributed by atoms with van der Waals surface area (Å²) in [5.41, 5.74) is 0. The van der Waals surface area contributed by atoms with Crippen molar-refractivity contribution in [1.82, 2.24) is 9.39 Å². The van der Waals surface area contributed by atoms with Gasteiger partial charge in [0.1, 0.15) is 6.04 Å². The van der Waals surface area contributed by atoms with Crippen molar-refractivity contribution in [1.29, 1.82) is 0 Å². The van der Waals surface area contributed by atoms with Gasteiger partial charge in [-0.2, -0.15) is 13.1 Å². The van der Waals surface area contributed by atoms with E-state index in [1.165, 1.54) is 0 Å². The molecular formula is C5H10N2O5PS+. The lowest BCUT2D eigenvalue weighted by molar-refractivity contribution is -0.130. The van der Waals surface area contributed by atoms with Crippen LogP contribution in [-0.2, 0) is 19.7 Å². The van der Waals surface area contributed by atoms with Crippen LogP contribution < -0.4 is 4.72 Å². The molecule has 2 unspecified atom stereocenters. The van der Waals surface area contributed by atoms with Crippen LogP contribution in [0.5, 0.6) is 0 Å².